The lowest BCUT2D eigenvalue weighted by molar-refractivity contribution is -0.124. The van der Waals surface area contributed by atoms with Gasteiger partial charge in [0.15, 0.2) is 11.9 Å². The van der Waals surface area contributed by atoms with Gasteiger partial charge in [0.05, 0.1) is 12.3 Å². The maximum absolute atomic E-state index is 12.1. The first-order valence-corrected chi connectivity index (χ1v) is 7.99. The van der Waals surface area contributed by atoms with E-state index in [1.165, 1.54) is 18.0 Å². The second-order valence-corrected chi connectivity index (χ2v) is 5.86. The van der Waals surface area contributed by atoms with Gasteiger partial charge in [-0.05, 0) is 30.2 Å². The van der Waals surface area contributed by atoms with Crippen LogP contribution in [0.3, 0.4) is 0 Å². The topological polar surface area (TPSA) is 118 Å². The summed E-state index contributed by atoms with van der Waals surface area (Å²) in [7, 11) is 0. The molecule has 2 aromatic rings. The minimum absolute atomic E-state index is 0.0906. The molecule has 1 fully saturated rings. The number of ketones is 1. The van der Waals surface area contributed by atoms with Crippen molar-refractivity contribution in [1.29, 1.82) is 0 Å². The Bertz CT molecular complexity index is 833. The third-order valence-electron chi connectivity index (χ3n) is 4.19. The summed E-state index contributed by atoms with van der Waals surface area (Å²) in [5.41, 5.74) is 8.26. The summed E-state index contributed by atoms with van der Waals surface area (Å²) in [6.07, 6.45) is 1.46. The molecule has 0 saturated carbocycles. The fraction of sp³-hybridized carbons (Fsp3) is 0.222. The Morgan fingerprint density at radius 1 is 1.31 bits per heavy atom. The van der Waals surface area contributed by atoms with E-state index < -0.39 is 18.2 Å². The van der Waals surface area contributed by atoms with Gasteiger partial charge in [-0.25, -0.2) is 9.78 Å². The molecule has 1 amide bonds. The van der Waals surface area contributed by atoms with Crippen molar-refractivity contribution in [2.75, 3.05) is 11.4 Å². The predicted molar refractivity (Wildman–Crippen MR) is 95.3 cm³/mol. The van der Waals surface area contributed by atoms with Crippen molar-refractivity contribution in [2.45, 2.75) is 19.1 Å². The highest BCUT2D eigenvalue weighted by atomic mass is 16.6. The molecule has 1 aliphatic rings. The van der Waals surface area contributed by atoms with Gasteiger partial charge in [0.2, 0.25) is 0 Å². The van der Waals surface area contributed by atoms with Gasteiger partial charge in [-0.3, -0.25) is 9.69 Å². The number of carbonyl (C=O) groups excluding carboxylic acids is 2. The molecule has 1 unspecified atom stereocenters. The molecule has 0 radical (unpaired) electrons. The molecule has 1 saturated heterocycles. The number of cyclic esters (lactones) is 1. The monoisotopic (exact) mass is 354 g/mol. The molecule has 8 nitrogen and oxygen atoms in total. The number of benzene rings is 1. The largest absolute Gasteiger partial charge is 0.435 e. The quantitative estimate of drug-likeness (QED) is 0.480. The van der Waals surface area contributed by atoms with Crippen molar-refractivity contribution >= 4 is 23.9 Å². The van der Waals surface area contributed by atoms with Crippen LogP contribution < -0.4 is 10.6 Å². The number of carbonyl (C=O) groups is 2. The Hall–Kier alpha value is -3.26. The zero-order valence-electron chi connectivity index (χ0n) is 14.1. The Kier molecular flexibility index (Phi) is 4.94. The van der Waals surface area contributed by atoms with Crippen LogP contribution in [-0.2, 0) is 9.53 Å². The van der Waals surface area contributed by atoms with Crippen molar-refractivity contribution < 1.29 is 19.5 Å². The van der Waals surface area contributed by atoms with Gasteiger partial charge in [-0.1, -0.05) is 29.4 Å². The van der Waals surface area contributed by atoms with Gasteiger partial charge < -0.3 is 15.7 Å². The second kappa shape index (κ2) is 7.32. The third kappa shape index (κ3) is 3.27. The number of anilines is 1. The average Bonchev–Trinajstić information content (AvgIpc) is 2.99. The van der Waals surface area contributed by atoms with Gasteiger partial charge in [0, 0.05) is 18.3 Å². The molecule has 0 bridgehead atoms. The van der Waals surface area contributed by atoms with Crippen molar-refractivity contribution in [2.24, 2.45) is 10.9 Å². The number of Topliss-reactive ketones (excluding diaryl/α,β-unsaturated/α-hetero) is 1. The van der Waals surface area contributed by atoms with Crippen LogP contribution in [0.4, 0.5) is 10.6 Å². The number of ether oxygens (including phenoxy) is 1. The van der Waals surface area contributed by atoms with Crippen LogP contribution in [0.15, 0.2) is 47.8 Å². The Labute approximate surface area is 149 Å². The molecule has 0 spiro atoms. The summed E-state index contributed by atoms with van der Waals surface area (Å²) in [6, 6.07) is 10.3. The van der Waals surface area contributed by atoms with Gasteiger partial charge in [0.1, 0.15) is 5.82 Å². The van der Waals surface area contributed by atoms with Crippen LogP contribution in [0.2, 0.25) is 0 Å². The normalized spacial score (nSPS) is 19.8. The highest BCUT2D eigenvalue weighted by Gasteiger charge is 2.44. The zero-order chi connectivity index (χ0) is 18.7. The molecule has 3 rings (SSSR count). The van der Waals surface area contributed by atoms with Gasteiger partial charge in [-0.2, -0.15) is 0 Å². The standard InChI is InChI=1S/C18H18N4O4/c1-11(23)17-15(8-19)22(18(24)26-17)16-7-6-14(10-20-16)13-4-2-12(3-5-13)9-21-25/h2-7,9-10,15,17,25H,8,19H2,1H3/t15?,17-/m1/s1. The van der Waals surface area contributed by atoms with E-state index >= 15 is 0 Å². The Morgan fingerprint density at radius 3 is 2.54 bits per heavy atom. The SMILES string of the molecule is CC(=O)[C@H]1OC(=O)N(c2ccc(-c3ccc(C=NO)cc3)cn2)C1CN. The molecular weight excluding hydrogens is 336 g/mol. The van der Waals surface area contributed by atoms with E-state index in [0.29, 0.717) is 5.82 Å². The van der Waals surface area contributed by atoms with Crippen molar-refractivity contribution in [3.8, 4) is 11.1 Å². The third-order valence-corrected chi connectivity index (χ3v) is 4.19. The van der Waals surface area contributed by atoms with Crippen LogP contribution >= 0.6 is 0 Å². The number of hydrogen-bond acceptors (Lipinski definition) is 7. The Morgan fingerprint density at radius 2 is 2.00 bits per heavy atom. The molecule has 2 atom stereocenters. The summed E-state index contributed by atoms with van der Waals surface area (Å²) in [5, 5.41) is 11.5. The second-order valence-electron chi connectivity index (χ2n) is 5.86. The molecule has 1 aromatic carbocycles. The molecule has 0 aliphatic carbocycles. The highest BCUT2D eigenvalue weighted by Crippen LogP contribution is 2.27. The van der Waals surface area contributed by atoms with E-state index in [1.54, 1.807) is 12.3 Å². The van der Waals surface area contributed by atoms with Gasteiger partial charge in [0.25, 0.3) is 0 Å². The lowest BCUT2D eigenvalue weighted by Crippen LogP contribution is -2.45. The molecule has 26 heavy (non-hydrogen) atoms. The minimum atomic E-state index is -0.880. The summed E-state index contributed by atoms with van der Waals surface area (Å²) in [6.45, 7) is 1.46. The summed E-state index contributed by atoms with van der Waals surface area (Å²) < 4.78 is 5.13. The fourth-order valence-electron chi connectivity index (χ4n) is 2.89. The number of hydrogen-bond donors (Lipinski definition) is 2. The maximum Gasteiger partial charge on any atom is 0.416 e. The smallest absolute Gasteiger partial charge is 0.416 e. The first kappa shape index (κ1) is 17.6. The van der Waals surface area contributed by atoms with Gasteiger partial charge in [-0.15, -0.1) is 0 Å². The molecule has 1 aliphatic heterocycles. The number of pyridine rings is 1. The highest BCUT2D eigenvalue weighted by molar-refractivity contribution is 5.96. The van der Waals surface area contributed by atoms with Crippen molar-refractivity contribution in [3.05, 3.63) is 48.2 Å². The lowest BCUT2D eigenvalue weighted by atomic mass is 10.1. The van der Waals surface area contributed by atoms with E-state index in [2.05, 4.69) is 10.1 Å². The number of nitrogens with zero attached hydrogens (tertiary/aromatic N) is 3. The first-order chi connectivity index (χ1) is 12.5. The molecule has 2 heterocycles. The molecular formula is C18H18N4O4. The van der Waals surface area contributed by atoms with Crippen LogP contribution in [-0.4, -0.2) is 47.0 Å². The minimum Gasteiger partial charge on any atom is -0.435 e. The first-order valence-electron chi connectivity index (χ1n) is 7.99. The van der Waals surface area contributed by atoms with E-state index in [4.69, 9.17) is 15.7 Å². The van der Waals surface area contributed by atoms with E-state index in [9.17, 15) is 9.59 Å². The Balaban J connectivity index is 1.85. The molecule has 1 aromatic heterocycles. The van der Waals surface area contributed by atoms with E-state index in [-0.39, 0.29) is 12.3 Å². The number of aromatic nitrogens is 1. The van der Waals surface area contributed by atoms with Crippen molar-refractivity contribution in [3.63, 3.8) is 0 Å². The maximum atomic E-state index is 12.1. The average molecular weight is 354 g/mol. The van der Waals surface area contributed by atoms with Gasteiger partial charge >= 0.3 is 6.09 Å². The summed E-state index contributed by atoms with van der Waals surface area (Å²) >= 11 is 0. The number of rotatable bonds is 5. The molecule has 8 heteroatoms. The van der Waals surface area contributed by atoms with Crippen LogP contribution in [0.5, 0.6) is 0 Å². The number of nitrogens with two attached hydrogens (primary N) is 1. The zero-order valence-corrected chi connectivity index (χ0v) is 14.1. The number of amides is 1. The van der Waals surface area contributed by atoms with Crippen LogP contribution in [0.25, 0.3) is 11.1 Å². The predicted octanol–water partition coefficient (Wildman–Crippen LogP) is 1.80. The number of oxime groups is 1. The fourth-order valence-corrected chi connectivity index (χ4v) is 2.89. The van der Waals surface area contributed by atoms with E-state index in [0.717, 1.165) is 16.7 Å². The molecule has 134 valence electrons. The van der Waals surface area contributed by atoms with Crippen LogP contribution in [0.1, 0.15) is 12.5 Å². The van der Waals surface area contributed by atoms with E-state index in [1.807, 2.05) is 30.3 Å². The van der Waals surface area contributed by atoms with Crippen LogP contribution in [0, 0.1) is 0 Å². The van der Waals surface area contributed by atoms with Crippen molar-refractivity contribution in [1.82, 2.24) is 4.98 Å². The summed E-state index contributed by atoms with van der Waals surface area (Å²) in [4.78, 5) is 29.4. The lowest BCUT2D eigenvalue weighted by Gasteiger charge is -2.21. The summed E-state index contributed by atoms with van der Waals surface area (Å²) in [5.74, 6) is 0.126. The molecule has 3 N–H and O–H groups in total.